The SMILES string of the molecule is Cc1noc(C)c1CNCC(C(C)C)N1CCN(C)CC1. The molecule has 1 aliphatic heterocycles. The zero-order valence-corrected chi connectivity index (χ0v) is 14.1. The summed E-state index contributed by atoms with van der Waals surface area (Å²) < 4.78 is 5.22. The number of hydrogen-bond acceptors (Lipinski definition) is 5. The lowest BCUT2D eigenvalue weighted by atomic mass is 10.0. The zero-order chi connectivity index (χ0) is 15.4. The number of likely N-dealkylation sites (N-methyl/N-ethyl adjacent to an activating group) is 1. The van der Waals surface area contributed by atoms with Crippen LogP contribution in [0.5, 0.6) is 0 Å². The van der Waals surface area contributed by atoms with Gasteiger partial charge in [-0.25, -0.2) is 0 Å². The molecule has 2 heterocycles. The van der Waals surface area contributed by atoms with E-state index in [1.165, 1.54) is 31.7 Å². The second kappa shape index (κ2) is 7.38. The molecular weight excluding hydrogens is 264 g/mol. The fraction of sp³-hybridized carbons (Fsp3) is 0.812. The van der Waals surface area contributed by atoms with Crippen molar-refractivity contribution in [3.8, 4) is 0 Å². The van der Waals surface area contributed by atoms with Gasteiger partial charge in [0.25, 0.3) is 0 Å². The molecule has 1 atom stereocenters. The van der Waals surface area contributed by atoms with Crippen LogP contribution in [0.4, 0.5) is 0 Å². The van der Waals surface area contributed by atoms with Gasteiger partial charge in [-0.05, 0) is 26.8 Å². The lowest BCUT2D eigenvalue weighted by Crippen LogP contribution is -2.53. The average Bonchev–Trinajstić information content (AvgIpc) is 2.76. The molecule has 0 spiro atoms. The smallest absolute Gasteiger partial charge is 0.138 e. The van der Waals surface area contributed by atoms with E-state index in [-0.39, 0.29) is 0 Å². The van der Waals surface area contributed by atoms with Crippen molar-refractivity contribution < 1.29 is 4.52 Å². The number of hydrogen-bond donors (Lipinski definition) is 1. The predicted octanol–water partition coefficient (Wildman–Crippen LogP) is 1.65. The van der Waals surface area contributed by atoms with Crippen molar-refractivity contribution in [1.82, 2.24) is 20.3 Å². The second-order valence-electron chi connectivity index (χ2n) is 6.58. The van der Waals surface area contributed by atoms with Crippen LogP contribution >= 0.6 is 0 Å². The summed E-state index contributed by atoms with van der Waals surface area (Å²) in [6.07, 6.45) is 0. The van der Waals surface area contributed by atoms with Gasteiger partial charge in [0.2, 0.25) is 0 Å². The number of aromatic nitrogens is 1. The van der Waals surface area contributed by atoms with E-state index in [2.05, 4.69) is 41.2 Å². The van der Waals surface area contributed by atoms with Gasteiger partial charge in [-0.15, -0.1) is 0 Å². The molecule has 0 radical (unpaired) electrons. The highest BCUT2D eigenvalue weighted by Gasteiger charge is 2.24. The Morgan fingerprint density at radius 1 is 1.19 bits per heavy atom. The van der Waals surface area contributed by atoms with Crippen LogP contribution in [0, 0.1) is 19.8 Å². The number of aryl methyl sites for hydroxylation is 2. The highest BCUT2D eigenvalue weighted by atomic mass is 16.5. The zero-order valence-electron chi connectivity index (χ0n) is 14.1. The van der Waals surface area contributed by atoms with Crippen molar-refractivity contribution in [2.75, 3.05) is 39.8 Å². The maximum Gasteiger partial charge on any atom is 0.138 e. The molecular formula is C16H30N4O. The van der Waals surface area contributed by atoms with Gasteiger partial charge in [-0.3, -0.25) is 4.90 Å². The van der Waals surface area contributed by atoms with Crippen molar-refractivity contribution in [2.24, 2.45) is 5.92 Å². The van der Waals surface area contributed by atoms with E-state index < -0.39 is 0 Å². The van der Waals surface area contributed by atoms with Crippen LogP contribution in [0.3, 0.4) is 0 Å². The molecule has 5 nitrogen and oxygen atoms in total. The number of nitrogens with one attached hydrogen (secondary N) is 1. The fourth-order valence-corrected chi connectivity index (χ4v) is 3.04. The summed E-state index contributed by atoms with van der Waals surface area (Å²) in [4.78, 5) is 5.04. The van der Waals surface area contributed by atoms with Gasteiger partial charge >= 0.3 is 0 Å². The van der Waals surface area contributed by atoms with Crippen molar-refractivity contribution in [2.45, 2.75) is 40.3 Å². The van der Waals surface area contributed by atoms with E-state index in [1.54, 1.807) is 0 Å². The molecule has 0 bridgehead atoms. The summed E-state index contributed by atoms with van der Waals surface area (Å²) in [5.41, 5.74) is 2.21. The molecule has 0 aliphatic carbocycles. The minimum Gasteiger partial charge on any atom is -0.361 e. The number of nitrogens with zero attached hydrogens (tertiary/aromatic N) is 3. The number of rotatable bonds is 6. The molecule has 1 saturated heterocycles. The lowest BCUT2D eigenvalue weighted by molar-refractivity contribution is 0.0875. The van der Waals surface area contributed by atoms with E-state index in [9.17, 15) is 0 Å². The molecule has 1 fully saturated rings. The topological polar surface area (TPSA) is 44.5 Å². The standard InChI is InChI=1S/C16H30N4O/c1-12(2)16(20-8-6-19(5)7-9-20)11-17-10-15-13(3)18-21-14(15)4/h12,16-17H,6-11H2,1-5H3. The molecule has 5 heteroatoms. The molecule has 0 amide bonds. The Kier molecular flexibility index (Phi) is 5.79. The Labute approximate surface area is 128 Å². The third kappa shape index (κ3) is 4.28. The Hall–Kier alpha value is -0.910. The van der Waals surface area contributed by atoms with Crippen molar-refractivity contribution in [3.05, 3.63) is 17.0 Å². The molecule has 0 saturated carbocycles. The minimum atomic E-state index is 0.596. The van der Waals surface area contributed by atoms with Gasteiger partial charge in [-0.1, -0.05) is 19.0 Å². The van der Waals surface area contributed by atoms with Gasteiger partial charge in [0.05, 0.1) is 5.69 Å². The van der Waals surface area contributed by atoms with Crippen LogP contribution in [-0.2, 0) is 6.54 Å². The molecule has 0 aromatic carbocycles. The molecule has 21 heavy (non-hydrogen) atoms. The third-order valence-electron chi connectivity index (χ3n) is 4.61. The normalized spacial score (nSPS) is 19.3. The van der Waals surface area contributed by atoms with Gasteiger partial charge in [0.15, 0.2) is 0 Å². The first kappa shape index (κ1) is 16.5. The quantitative estimate of drug-likeness (QED) is 0.864. The van der Waals surface area contributed by atoms with Crippen molar-refractivity contribution >= 4 is 0 Å². The molecule has 1 N–H and O–H groups in total. The van der Waals surface area contributed by atoms with Gasteiger partial charge in [0, 0.05) is 50.9 Å². The first-order chi connectivity index (χ1) is 9.99. The van der Waals surface area contributed by atoms with E-state index in [1.807, 2.05) is 13.8 Å². The fourth-order valence-electron chi connectivity index (χ4n) is 3.04. The molecule has 1 aromatic rings. The Balaban J connectivity index is 1.86. The maximum absolute atomic E-state index is 5.22. The summed E-state index contributed by atoms with van der Waals surface area (Å²) in [6.45, 7) is 15.2. The van der Waals surface area contributed by atoms with Gasteiger partial charge in [-0.2, -0.15) is 0 Å². The Morgan fingerprint density at radius 3 is 2.38 bits per heavy atom. The maximum atomic E-state index is 5.22. The van der Waals surface area contributed by atoms with Crippen molar-refractivity contribution in [3.63, 3.8) is 0 Å². The molecule has 1 unspecified atom stereocenters. The second-order valence-corrected chi connectivity index (χ2v) is 6.58. The van der Waals surface area contributed by atoms with E-state index in [4.69, 9.17) is 4.52 Å². The van der Waals surface area contributed by atoms with Crippen LogP contribution in [-0.4, -0.2) is 60.8 Å². The first-order valence-corrected chi connectivity index (χ1v) is 8.04. The molecule has 1 aromatic heterocycles. The van der Waals surface area contributed by atoms with E-state index >= 15 is 0 Å². The van der Waals surface area contributed by atoms with Crippen LogP contribution < -0.4 is 5.32 Å². The number of piperazine rings is 1. The summed E-state index contributed by atoms with van der Waals surface area (Å²) in [5, 5.41) is 7.62. The summed E-state index contributed by atoms with van der Waals surface area (Å²) in [7, 11) is 2.21. The highest BCUT2D eigenvalue weighted by molar-refractivity contribution is 5.20. The largest absolute Gasteiger partial charge is 0.361 e. The van der Waals surface area contributed by atoms with Crippen molar-refractivity contribution in [1.29, 1.82) is 0 Å². The monoisotopic (exact) mass is 294 g/mol. The molecule has 1 aliphatic rings. The molecule has 120 valence electrons. The van der Waals surface area contributed by atoms with Gasteiger partial charge < -0.3 is 14.7 Å². The predicted molar refractivity (Wildman–Crippen MR) is 85.4 cm³/mol. The minimum absolute atomic E-state index is 0.596. The lowest BCUT2D eigenvalue weighted by Gasteiger charge is -2.40. The van der Waals surface area contributed by atoms with Crippen LogP contribution in [0.15, 0.2) is 4.52 Å². The Morgan fingerprint density at radius 2 is 1.86 bits per heavy atom. The summed E-state index contributed by atoms with van der Waals surface area (Å²) in [6, 6.07) is 0.596. The third-order valence-corrected chi connectivity index (χ3v) is 4.61. The van der Waals surface area contributed by atoms with Crippen LogP contribution in [0.25, 0.3) is 0 Å². The summed E-state index contributed by atoms with van der Waals surface area (Å²) >= 11 is 0. The van der Waals surface area contributed by atoms with Crippen LogP contribution in [0.1, 0.15) is 30.9 Å². The molecule has 2 rings (SSSR count). The van der Waals surface area contributed by atoms with Crippen LogP contribution in [0.2, 0.25) is 0 Å². The van der Waals surface area contributed by atoms with Gasteiger partial charge in [0.1, 0.15) is 5.76 Å². The van der Waals surface area contributed by atoms with E-state index in [0.29, 0.717) is 12.0 Å². The first-order valence-electron chi connectivity index (χ1n) is 8.04. The average molecular weight is 294 g/mol. The Bertz CT molecular complexity index is 416. The summed E-state index contributed by atoms with van der Waals surface area (Å²) in [5.74, 6) is 1.59. The van der Waals surface area contributed by atoms with E-state index in [0.717, 1.165) is 24.5 Å². The highest BCUT2D eigenvalue weighted by Crippen LogP contribution is 2.15.